The molecule has 0 bridgehead atoms. The monoisotopic (exact) mass is 752 g/mol. The van der Waals surface area contributed by atoms with E-state index in [9.17, 15) is 0 Å². The fraction of sp³-hybridized carbons (Fsp3) is 0.714. The summed E-state index contributed by atoms with van der Waals surface area (Å²) in [7, 11) is -6.87. The minimum absolute atomic E-state index is 0.0768. The molecule has 2 aliphatic rings. The van der Waals surface area contributed by atoms with Gasteiger partial charge in [-0.2, -0.15) is 0 Å². The molecule has 0 N–H and O–H groups in total. The van der Waals surface area contributed by atoms with Crippen molar-refractivity contribution in [3.8, 4) is 0 Å². The molecule has 0 fully saturated rings. The van der Waals surface area contributed by atoms with Gasteiger partial charge in [0.2, 0.25) is 0 Å². The van der Waals surface area contributed by atoms with Gasteiger partial charge in [-0.05, 0) is 60.6 Å². The van der Waals surface area contributed by atoms with Gasteiger partial charge >= 0.3 is 0 Å². The highest BCUT2D eigenvalue weighted by Gasteiger charge is 2.78. The molecule has 272 valence electrons. The van der Waals surface area contributed by atoms with Gasteiger partial charge in [-0.25, -0.2) is 0 Å². The molecule has 1 aliphatic carbocycles. The SMILES string of the molecule is CC(C)(C)C1=C[C@@H]2C(=C[Si]([Si](C)(C)C)([Si](C)(C)C)[Si]([Si](C)(C)C)([Si](C)(C)C)[C@@H]2c2ccc(C(C)(C)C)cc2C(C)(C)C)C(C(C)(C)C)=C1. The van der Waals surface area contributed by atoms with Crippen molar-refractivity contribution in [2.24, 2.45) is 16.7 Å². The van der Waals surface area contributed by atoms with Crippen LogP contribution in [0, 0.1) is 16.7 Å². The van der Waals surface area contributed by atoms with Crippen molar-refractivity contribution in [2.75, 3.05) is 0 Å². The number of hydrogen-bond donors (Lipinski definition) is 0. The maximum Gasteiger partial charge on any atom is 0.0569 e. The molecule has 0 amide bonds. The third-order valence-corrected chi connectivity index (χ3v) is 139. The van der Waals surface area contributed by atoms with E-state index in [-0.39, 0.29) is 21.7 Å². The van der Waals surface area contributed by atoms with Gasteiger partial charge in [0.05, 0.1) is 6.63 Å². The van der Waals surface area contributed by atoms with Gasteiger partial charge in [0.15, 0.2) is 0 Å². The summed E-state index contributed by atoms with van der Waals surface area (Å²) >= 11 is 0. The summed E-state index contributed by atoms with van der Waals surface area (Å²) in [5.74, 6) is 0.471. The predicted octanol–water partition coefficient (Wildman–Crippen LogP) is 13.6. The molecule has 48 heavy (non-hydrogen) atoms. The number of rotatable bonds is 5. The maximum atomic E-state index is 3.29. The molecule has 0 nitrogen and oxygen atoms in total. The molecule has 1 aromatic rings. The minimum Gasteiger partial charge on any atom is -0.0980 e. The number of hydrogen-bond acceptors (Lipinski definition) is 0. The molecule has 1 heterocycles. The summed E-state index contributed by atoms with van der Waals surface area (Å²) < 4.78 is 0. The quantitative estimate of drug-likeness (QED) is 0.263. The van der Waals surface area contributed by atoms with Gasteiger partial charge in [-0.15, -0.1) is 0 Å². The molecule has 2 atom stereocenters. The van der Waals surface area contributed by atoms with Crippen molar-refractivity contribution in [1.29, 1.82) is 0 Å². The minimum atomic E-state index is -2.07. The third kappa shape index (κ3) is 6.72. The zero-order valence-electron chi connectivity index (χ0n) is 36.6. The first-order valence-corrected chi connectivity index (χ1v) is 42.4. The highest BCUT2D eigenvalue weighted by molar-refractivity contribution is 8.10. The van der Waals surface area contributed by atoms with Crippen LogP contribution in [-0.2, 0) is 10.8 Å². The summed E-state index contributed by atoms with van der Waals surface area (Å²) in [5.41, 5.74) is 14.3. The Kier molecular flexibility index (Phi) is 10.7. The van der Waals surface area contributed by atoms with Gasteiger partial charge in [-0.1, -0.05) is 198 Å². The fourth-order valence-corrected chi connectivity index (χ4v) is 237. The van der Waals surface area contributed by atoms with E-state index in [4.69, 9.17) is 0 Å². The van der Waals surface area contributed by atoms with Crippen LogP contribution in [-0.4, -0.2) is 43.6 Å². The van der Waals surface area contributed by atoms with Crippen molar-refractivity contribution in [1.82, 2.24) is 0 Å². The van der Waals surface area contributed by atoms with Crippen LogP contribution in [0.4, 0.5) is 0 Å². The van der Waals surface area contributed by atoms with Crippen LogP contribution in [0.15, 0.2) is 52.8 Å². The maximum absolute atomic E-state index is 3.29. The highest BCUT2D eigenvalue weighted by Crippen LogP contribution is 2.63. The predicted molar refractivity (Wildman–Crippen MR) is 238 cm³/mol. The number of fused-ring (bicyclic) bond motifs is 1. The first kappa shape index (κ1) is 42.2. The molecule has 0 saturated carbocycles. The number of benzene rings is 1. The normalized spacial score (nSPS) is 22.9. The molecule has 0 spiro atoms. The molecule has 6 heteroatoms. The van der Waals surface area contributed by atoms with Crippen LogP contribution in [0.5, 0.6) is 0 Å². The second-order valence-corrected chi connectivity index (χ2v) is 87.5. The smallest absolute Gasteiger partial charge is 0.0569 e. The Bertz CT molecular complexity index is 1450. The molecule has 0 radical (unpaired) electrons. The molecular weight excluding hydrogens is 673 g/mol. The van der Waals surface area contributed by atoms with Crippen molar-refractivity contribution >= 4 is 43.6 Å². The highest BCUT2D eigenvalue weighted by atomic mass is 30.2. The second kappa shape index (κ2) is 12.1. The molecule has 1 aromatic carbocycles. The van der Waals surface area contributed by atoms with E-state index < -0.39 is 43.6 Å². The summed E-state index contributed by atoms with van der Waals surface area (Å²) in [6.07, 6.45) is 5.57. The topological polar surface area (TPSA) is 0 Å². The van der Waals surface area contributed by atoms with Gasteiger partial charge in [0, 0.05) is 42.9 Å². The number of allylic oxidation sites excluding steroid dienone is 5. The average Bonchev–Trinajstić information content (AvgIpc) is 2.81. The molecular formula is C42H80Si6. The first-order chi connectivity index (χ1) is 20.9. The van der Waals surface area contributed by atoms with Gasteiger partial charge in [-0.3, -0.25) is 0 Å². The van der Waals surface area contributed by atoms with Crippen molar-refractivity contribution < 1.29 is 0 Å². The zero-order chi connectivity index (χ0) is 37.9. The van der Waals surface area contributed by atoms with Crippen molar-refractivity contribution in [2.45, 2.75) is 178 Å². The Morgan fingerprint density at radius 2 is 1.00 bits per heavy atom. The van der Waals surface area contributed by atoms with Crippen LogP contribution in [0.25, 0.3) is 0 Å². The Morgan fingerprint density at radius 1 is 0.542 bits per heavy atom. The van der Waals surface area contributed by atoms with Gasteiger partial charge in [0.25, 0.3) is 0 Å². The van der Waals surface area contributed by atoms with Crippen LogP contribution in [0.1, 0.15) is 105 Å². The van der Waals surface area contributed by atoms with Crippen LogP contribution < -0.4 is 0 Å². The molecule has 0 aromatic heterocycles. The third-order valence-electron chi connectivity index (χ3n) is 12.6. The first-order valence-electron chi connectivity index (χ1n) is 19.2. The van der Waals surface area contributed by atoms with Gasteiger partial charge in [0.1, 0.15) is 0 Å². The lowest BCUT2D eigenvalue weighted by Crippen LogP contribution is -2.99. The Morgan fingerprint density at radius 3 is 1.33 bits per heavy atom. The Labute approximate surface area is 306 Å². The molecule has 3 rings (SSSR count). The Hall–Kier alpha value is -0.259. The summed E-state index contributed by atoms with van der Waals surface area (Å²) in [5, 5.41) is 0. The molecule has 0 saturated heterocycles. The van der Waals surface area contributed by atoms with E-state index in [1.54, 1.807) is 27.8 Å². The summed E-state index contributed by atoms with van der Waals surface area (Å²) in [4.78, 5) is 0. The zero-order valence-corrected chi connectivity index (χ0v) is 42.6. The molecule has 1 aliphatic heterocycles. The van der Waals surface area contributed by atoms with E-state index in [0.29, 0.717) is 11.5 Å². The van der Waals surface area contributed by atoms with Gasteiger partial charge < -0.3 is 0 Å². The van der Waals surface area contributed by atoms with Crippen LogP contribution >= 0.6 is 0 Å². The summed E-state index contributed by atoms with van der Waals surface area (Å²) in [6, 6.07) is 8.02. The largest absolute Gasteiger partial charge is 0.0980 e. The van der Waals surface area contributed by atoms with E-state index in [1.165, 1.54) is 5.56 Å². The lowest BCUT2D eigenvalue weighted by molar-refractivity contribution is 0.467. The lowest BCUT2D eigenvalue weighted by Gasteiger charge is -2.73. The van der Waals surface area contributed by atoms with Crippen LogP contribution in [0.2, 0.25) is 78.6 Å². The standard InChI is InChI=1S/C42H80Si6/c1-39(2,3)31-25-26-33(36(28-31)41(7,8)9)38-34-27-32(40(4,5)6)29-37(42(10,11)12)35(34)30-47(43(13,14)15,44(16,17)18)48(38,45(19,20)21)46(22,23)24/h25-30,34,38H,1-24H3/t34-,38-/m1/s1. The van der Waals surface area contributed by atoms with E-state index >= 15 is 0 Å². The van der Waals surface area contributed by atoms with E-state index in [1.807, 2.05) is 0 Å². The van der Waals surface area contributed by atoms with Crippen molar-refractivity contribution in [3.63, 3.8) is 0 Å². The Balaban J connectivity index is 2.93. The van der Waals surface area contributed by atoms with Crippen LogP contribution in [0.3, 0.4) is 0 Å². The second-order valence-electron chi connectivity index (χ2n) is 24.2. The fourth-order valence-electron chi connectivity index (χ4n) is 11.5. The average molecular weight is 754 g/mol. The molecule has 0 unspecified atom stereocenters. The lowest BCUT2D eigenvalue weighted by atomic mass is 9.68. The van der Waals surface area contributed by atoms with E-state index in [2.05, 4.69) is 198 Å². The van der Waals surface area contributed by atoms with E-state index in [0.717, 1.165) is 0 Å². The van der Waals surface area contributed by atoms with Crippen molar-refractivity contribution in [3.05, 3.63) is 69.5 Å². The summed E-state index contributed by atoms with van der Waals surface area (Å²) in [6.45, 7) is 60.3.